The molecule has 0 aromatic heterocycles. The number of ether oxygens (including phenoxy) is 1. The first kappa shape index (κ1) is 11.3. The SMILES string of the molecule is COc1ccc(O)cc1CC(N)C(=O)O. The Kier molecular flexibility index (Phi) is 3.51. The highest BCUT2D eigenvalue weighted by Crippen LogP contribution is 2.24. The minimum absolute atomic E-state index is 0.0587. The highest BCUT2D eigenvalue weighted by Gasteiger charge is 2.15. The molecule has 0 radical (unpaired) electrons. The average molecular weight is 211 g/mol. The first-order valence-electron chi connectivity index (χ1n) is 4.39. The summed E-state index contributed by atoms with van der Waals surface area (Å²) in [6.07, 6.45) is 0.118. The van der Waals surface area contributed by atoms with Gasteiger partial charge in [0.25, 0.3) is 0 Å². The van der Waals surface area contributed by atoms with Gasteiger partial charge in [0, 0.05) is 6.42 Å². The van der Waals surface area contributed by atoms with E-state index in [-0.39, 0.29) is 12.2 Å². The van der Waals surface area contributed by atoms with Gasteiger partial charge in [-0.1, -0.05) is 0 Å². The van der Waals surface area contributed by atoms with Crippen LogP contribution in [0.4, 0.5) is 0 Å². The summed E-state index contributed by atoms with van der Waals surface area (Å²) in [6.45, 7) is 0. The van der Waals surface area contributed by atoms with Crippen molar-refractivity contribution in [3.05, 3.63) is 23.8 Å². The number of aliphatic carboxylic acids is 1. The predicted octanol–water partition coefficient (Wildman–Crippen LogP) is 0.355. The maximum atomic E-state index is 10.6. The fourth-order valence-corrected chi connectivity index (χ4v) is 1.25. The third kappa shape index (κ3) is 2.85. The van der Waals surface area contributed by atoms with Crippen LogP contribution in [0.15, 0.2) is 18.2 Å². The van der Waals surface area contributed by atoms with Gasteiger partial charge >= 0.3 is 5.97 Å². The lowest BCUT2D eigenvalue weighted by molar-refractivity contribution is -0.138. The molecule has 15 heavy (non-hydrogen) atoms. The minimum atomic E-state index is -1.08. The van der Waals surface area contributed by atoms with Gasteiger partial charge in [-0.25, -0.2) is 0 Å². The van der Waals surface area contributed by atoms with Crippen molar-refractivity contribution in [1.29, 1.82) is 0 Å². The standard InChI is InChI=1S/C10H13NO4/c1-15-9-3-2-7(12)4-6(9)5-8(11)10(13)14/h2-4,8,12H,5,11H2,1H3,(H,13,14). The molecular formula is C10H13NO4. The molecule has 0 fully saturated rings. The van der Waals surface area contributed by atoms with Crippen molar-refractivity contribution in [1.82, 2.24) is 0 Å². The van der Waals surface area contributed by atoms with E-state index in [4.69, 9.17) is 15.6 Å². The molecule has 1 unspecified atom stereocenters. The molecule has 1 aromatic carbocycles. The molecule has 5 nitrogen and oxygen atoms in total. The van der Waals surface area contributed by atoms with Gasteiger partial charge in [-0.05, 0) is 23.8 Å². The Bertz CT molecular complexity index is 364. The van der Waals surface area contributed by atoms with Crippen LogP contribution in [0.25, 0.3) is 0 Å². The van der Waals surface area contributed by atoms with E-state index in [9.17, 15) is 9.90 Å². The van der Waals surface area contributed by atoms with Gasteiger partial charge in [-0.15, -0.1) is 0 Å². The van der Waals surface area contributed by atoms with Crippen molar-refractivity contribution in [2.75, 3.05) is 7.11 Å². The van der Waals surface area contributed by atoms with Crippen molar-refractivity contribution < 1.29 is 19.7 Å². The van der Waals surface area contributed by atoms with Gasteiger partial charge in [-0.3, -0.25) is 4.79 Å². The minimum Gasteiger partial charge on any atom is -0.508 e. The number of phenolic OH excluding ortho intramolecular Hbond substituents is 1. The van der Waals surface area contributed by atoms with Crippen molar-refractivity contribution in [2.24, 2.45) is 5.73 Å². The first-order chi connectivity index (χ1) is 7.04. The molecule has 1 atom stereocenters. The number of carboxylic acid groups (broad SMARTS) is 1. The summed E-state index contributed by atoms with van der Waals surface area (Å²) in [4.78, 5) is 10.6. The third-order valence-corrected chi connectivity index (χ3v) is 2.02. The largest absolute Gasteiger partial charge is 0.508 e. The summed E-state index contributed by atoms with van der Waals surface area (Å²) in [6, 6.07) is 3.48. The number of carboxylic acids is 1. The van der Waals surface area contributed by atoms with Crippen molar-refractivity contribution >= 4 is 5.97 Å². The van der Waals surface area contributed by atoms with Crippen LogP contribution in [0.1, 0.15) is 5.56 Å². The van der Waals surface area contributed by atoms with Crippen molar-refractivity contribution in [3.8, 4) is 11.5 Å². The summed E-state index contributed by atoms with van der Waals surface area (Å²) in [5.41, 5.74) is 5.96. The van der Waals surface area contributed by atoms with Crippen LogP contribution in [-0.4, -0.2) is 29.3 Å². The second-order valence-corrected chi connectivity index (χ2v) is 3.15. The van der Waals surface area contributed by atoms with Gasteiger partial charge in [-0.2, -0.15) is 0 Å². The smallest absolute Gasteiger partial charge is 0.320 e. The molecule has 1 aromatic rings. The number of nitrogens with two attached hydrogens (primary N) is 1. The fraction of sp³-hybridized carbons (Fsp3) is 0.300. The molecule has 5 heteroatoms. The number of hydrogen-bond donors (Lipinski definition) is 3. The van der Waals surface area contributed by atoms with Crippen LogP contribution in [0.5, 0.6) is 11.5 Å². The van der Waals surface area contributed by atoms with Crippen LogP contribution >= 0.6 is 0 Å². The topological polar surface area (TPSA) is 92.8 Å². The lowest BCUT2D eigenvalue weighted by atomic mass is 10.1. The Morgan fingerprint density at radius 2 is 2.27 bits per heavy atom. The van der Waals surface area contributed by atoms with E-state index in [1.807, 2.05) is 0 Å². The molecule has 0 aliphatic heterocycles. The summed E-state index contributed by atoms with van der Waals surface area (Å²) < 4.78 is 5.02. The number of aromatic hydroxyl groups is 1. The van der Waals surface area contributed by atoms with Crippen LogP contribution < -0.4 is 10.5 Å². The lowest BCUT2D eigenvalue weighted by Gasteiger charge is -2.11. The van der Waals surface area contributed by atoms with Crippen LogP contribution in [-0.2, 0) is 11.2 Å². The summed E-state index contributed by atoms with van der Waals surface area (Å²) in [7, 11) is 1.47. The summed E-state index contributed by atoms with van der Waals surface area (Å²) in [5, 5.41) is 17.9. The maximum absolute atomic E-state index is 10.6. The molecule has 4 N–H and O–H groups in total. The van der Waals surface area contributed by atoms with Gasteiger partial charge in [0.2, 0.25) is 0 Å². The van der Waals surface area contributed by atoms with E-state index in [2.05, 4.69) is 0 Å². The normalized spacial score (nSPS) is 12.1. The fourth-order valence-electron chi connectivity index (χ4n) is 1.25. The van der Waals surface area contributed by atoms with Crippen LogP contribution in [0.2, 0.25) is 0 Å². The Labute approximate surface area is 87.1 Å². The molecule has 0 heterocycles. The predicted molar refractivity (Wildman–Crippen MR) is 54.0 cm³/mol. The molecule has 0 amide bonds. The third-order valence-electron chi connectivity index (χ3n) is 2.02. The van der Waals surface area contributed by atoms with Crippen molar-refractivity contribution in [2.45, 2.75) is 12.5 Å². The van der Waals surface area contributed by atoms with Gasteiger partial charge in [0.15, 0.2) is 0 Å². The Morgan fingerprint density at radius 1 is 1.60 bits per heavy atom. The Balaban J connectivity index is 2.91. The maximum Gasteiger partial charge on any atom is 0.320 e. The van der Waals surface area contributed by atoms with E-state index < -0.39 is 12.0 Å². The lowest BCUT2D eigenvalue weighted by Crippen LogP contribution is -2.32. The molecular weight excluding hydrogens is 198 g/mol. The van der Waals surface area contributed by atoms with Gasteiger partial charge in [0.05, 0.1) is 7.11 Å². The van der Waals surface area contributed by atoms with Crippen LogP contribution in [0, 0.1) is 0 Å². The second kappa shape index (κ2) is 4.65. The zero-order chi connectivity index (χ0) is 11.4. The highest BCUT2D eigenvalue weighted by molar-refractivity contribution is 5.73. The molecule has 0 aliphatic carbocycles. The number of phenols is 1. The number of carbonyl (C=O) groups is 1. The number of methoxy groups -OCH3 is 1. The van der Waals surface area contributed by atoms with Crippen LogP contribution in [0.3, 0.4) is 0 Å². The molecule has 0 aliphatic rings. The summed E-state index contributed by atoms with van der Waals surface area (Å²) >= 11 is 0. The Morgan fingerprint density at radius 3 is 2.80 bits per heavy atom. The number of benzene rings is 1. The monoisotopic (exact) mass is 211 g/mol. The number of hydrogen-bond acceptors (Lipinski definition) is 4. The Hall–Kier alpha value is -1.75. The van der Waals surface area contributed by atoms with E-state index in [0.717, 1.165) is 0 Å². The van der Waals surface area contributed by atoms with E-state index in [1.165, 1.54) is 19.2 Å². The van der Waals surface area contributed by atoms with E-state index in [0.29, 0.717) is 11.3 Å². The average Bonchev–Trinajstić information content (AvgIpc) is 2.18. The quantitative estimate of drug-likeness (QED) is 0.668. The van der Waals surface area contributed by atoms with E-state index >= 15 is 0 Å². The van der Waals surface area contributed by atoms with E-state index in [1.54, 1.807) is 6.07 Å². The molecule has 0 saturated heterocycles. The second-order valence-electron chi connectivity index (χ2n) is 3.15. The highest BCUT2D eigenvalue weighted by atomic mass is 16.5. The zero-order valence-electron chi connectivity index (χ0n) is 8.30. The molecule has 82 valence electrons. The summed E-state index contributed by atoms with van der Waals surface area (Å²) in [5.74, 6) is -0.506. The first-order valence-corrected chi connectivity index (χ1v) is 4.39. The van der Waals surface area contributed by atoms with Gasteiger partial charge < -0.3 is 20.7 Å². The zero-order valence-corrected chi connectivity index (χ0v) is 8.30. The van der Waals surface area contributed by atoms with Crippen molar-refractivity contribution in [3.63, 3.8) is 0 Å². The molecule has 0 saturated carbocycles. The van der Waals surface area contributed by atoms with Gasteiger partial charge in [0.1, 0.15) is 17.5 Å². The molecule has 1 rings (SSSR count). The molecule has 0 spiro atoms. The number of rotatable bonds is 4. The molecule has 0 bridgehead atoms.